The molecule has 148 valence electrons. The standard InChI is InChI=1S/C19H20F2N4O3/c1-24-18(25-9-3-4-10-25)14(12-23-24)17(26)22-8-7-13-5-6-15(27-2)16(11-13)28-19(20)21/h3-6,9-12,19H,7-8H2,1-2H3,(H,22,26). The van der Waals surface area contributed by atoms with Crippen molar-refractivity contribution < 1.29 is 23.0 Å². The van der Waals surface area contributed by atoms with E-state index in [4.69, 9.17) is 4.74 Å². The highest BCUT2D eigenvalue weighted by Gasteiger charge is 2.17. The molecule has 0 unspecified atom stereocenters. The Morgan fingerprint density at radius 2 is 2.00 bits per heavy atom. The molecule has 0 aliphatic carbocycles. The molecule has 2 heterocycles. The van der Waals surface area contributed by atoms with Gasteiger partial charge >= 0.3 is 6.61 Å². The van der Waals surface area contributed by atoms with Gasteiger partial charge in [0, 0.05) is 26.0 Å². The fraction of sp³-hybridized carbons (Fsp3) is 0.263. The summed E-state index contributed by atoms with van der Waals surface area (Å²) < 4.78 is 38.0. The Bertz CT molecular complexity index is 939. The van der Waals surface area contributed by atoms with Crippen LogP contribution in [0.15, 0.2) is 48.9 Å². The molecule has 28 heavy (non-hydrogen) atoms. The van der Waals surface area contributed by atoms with Crippen LogP contribution in [-0.4, -0.2) is 40.5 Å². The zero-order chi connectivity index (χ0) is 20.1. The van der Waals surface area contributed by atoms with Gasteiger partial charge in [-0.15, -0.1) is 0 Å². The summed E-state index contributed by atoms with van der Waals surface area (Å²) >= 11 is 0. The van der Waals surface area contributed by atoms with Gasteiger partial charge < -0.3 is 19.4 Å². The van der Waals surface area contributed by atoms with Crippen molar-refractivity contribution in [1.29, 1.82) is 0 Å². The largest absolute Gasteiger partial charge is 0.493 e. The molecule has 1 aromatic carbocycles. The number of methoxy groups -OCH3 is 1. The van der Waals surface area contributed by atoms with Gasteiger partial charge in [-0.3, -0.25) is 9.48 Å². The summed E-state index contributed by atoms with van der Waals surface area (Å²) in [5.41, 5.74) is 1.17. The second-order valence-corrected chi connectivity index (χ2v) is 5.97. The molecule has 0 aliphatic rings. The molecule has 2 aromatic heterocycles. The zero-order valence-corrected chi connectivity index (χ0v) is 15.4. The van der Waals surface area contributed by atoms with Gasteiger partial charge in [-0.25, -0.2) is 0 Å². The number of carbonyl (C=O) groups excluding carboxylic acids is 1. The minimum atomic E-state index is -2.94. The smallest absolute Gasteiger partial charge is 0.387 e. The van der Waals surface area contributed by atoms with Gasteiger partial charge in [0.25, 0.3) is 5.91 Å². The van der Waals surface area contributed by atoms with Crippen molar-refractivity contribution in [3.8, 4) is 17.3 Å². The van der Waals surface area contributed by atoms with Crippen molar-refractivity contribution in [2.24, 2.45) is 7.05 Å². The minimum absolute atomic E-state index is 0.0384. The Hall–Kier alpha value is -3.36. The Morgan fingerprint density at radius 1 is 1.25 bits per heavy atom. The van der Waals surface area contributed by atoms with Crippen molar-refractivity contribution in [3.63, 3.8) is 0 Å². The fourth-order valence-corrected chi connectivity index (χ4v) is 2.85. The average Bonchev–Trinajstić information content (AvgIpc) is 3.30. The summed E-state index contributed by atoms with van der Waals surface area (Å²) in [6, 6.07) is 8.49. The topological polar surface area (TPSA) is 70.3 Å². The van der Waals surface area contributed by atoms with Gasteiger partial charge in [0.2, 0.25) is 0 Å². The molecule has 0 saturated heterocycles. The van der Waals surface area contributed by atoms with Crippen LogP contribution >= 0.6 is 0 Å². The van der Waals surface area contributed by atoms with Crippen molar-refractivity contribution >= 4 is 5.91 Å². The van der Waals surface area contributed by atoms with Crippen molar-refractivity contribution in [1.82, 2.24) is 19.7 Å². The van der Waals surface area contributed by atoms with Crippen LogP contribution in [0.1, 0.15) is 15.9 Å². The number of hydrogen-bond acceptors (Lipinski definition) is 4. The van der Waals surface area contributed by atoms with Crippen molar-refractivity contribution in [3.05, 3.63) is 60.0 Å². The van der Waals surface area contributed by atoms with Crippen LogP contribution in [-0.2, 0) is 13.5 Å². The van der Waals surface area contributed by atoms with Gasteiger partial charge in [-0.05, 0) is 36.2 Å². The van der Waals surface area contributed by atoms with E-state index in [2.05, 4.69) is 15.2 Å². The van der Waals surface area contributed by atoms with Crippen molar-refractivity contribution in [2.75, 3.05) is 13.7 Å². The van der Waals surface area contributed by atoms with E-state index in [-0.39, 0.29) is 17.4 Å². The van der Waals surface area contributed by atoms with E-state index < -0.39 is 6.61 Å². The lowest BCUT2D eigenvalue weighted by molar-refractivity contribution is -0.0512. The van der Waals surface area contributed by atoms with Crippen LogP contribution in [0.4, 0.5) is 8.78 Å². The van der Waals surface area contributed by atoms with Gasteiger partial charge in [0.1, 0.15) is 11.4 Å². The number of aromatic nitrogens is 3. The van der Waals surface area contributed by atoms with Crippen LogP contribution in [0.25, 0.3) is 5.82 Å². The maximum atomic E-state index is 12.6. The third-order valence-electron chi connectivity index (χ3n) is 4.14. The van der Waals surface area contributed by atoms with Gasteiger partial charge in [-0.2, -0.15) is 13.9 Å². The normalized spacial score (nSPS) is 10.9. The first kappa shape index (κ1) is 19.4. The highest BCUT2D eigenvalue weighted by molar-refractivity contribution is 5.97. The first-order valence-corrected chi connectivity index (χ1v) is 8.55. The van der Waals surface area contributed by atoms with Crippen molar-refractivity contribution in [2.45, 2.75) is 13.0 Å². The third kappa shape index (κ3) is 4.30. The summed E-state index contributed by atoms with van der Waals surface area (Å²) in [4.78, 5) is 12.6. The Balaban J connectivity index is 1.65. The van der Waals surface area contributed by atoms with Gasteiger partial charge in [0.05, 0.1) is 13.3 Å². The number of hydrogen-bond donors (Lipinski definition) is 1. The highest BCUT2D eigenvalue weighted by atomic mass is 19.3. The van der Waals surface area contributed by atoms with E-state index >= 15 is 0 Å². The van der Waals surface area contributed by atoms with Gasteiger partial charge in [0.15, 0.2) is 11.5 Å². The predicted molar refractivity (Wildman–Crippen MR) is 98.2 cm³/mol. The summed E-state index contributed by atoms with van der Waals surface area (Å²) in [7, 11) is 3.14. The summed E-state index contributed by atoms with van der Waals surface area (Å²) in [5.74, 6) is 0.567. The molecule has 0 bridgehead atoms. The predicted octanol–water partition coefficient (Wildman–Crippen LogP) is 2.79. The van der Waals surface area contributed by atoms with Crippen LogP contribution in [0.5, 0.6) is 11.5 Å². The molecule has 0 spiro atoms. The molecule has 9 heteroatoms. The molecule has 0 saturated carbocycles. The molecule has 3 aromatic rings. The Morgan fingerprint density at radius 3 is 2.68 bits per heavy atom. The molecule has 0 atom stereocenters. The van der Waals surface area contributed by atoms with Crippen LogP contribution in [0.2, 0.25) is 0 Å². The summed E-state index contributed by atoms with van der Waals surface area (Å²) in [5, 5.41) is 6.98. The number of halogens is 2. The van der Waals surface area contributed by atoms with E-state index in [0.717, 1.165) is 5.56 Å². The lowest BCUT2D eigenvalue weighted by Gasteiger charge is -2.12. The molecule has 1 amide bonds. The second-order valence-electron chi connectivity index (χ2n) is 5.97. The van der Waals surface area contributed by atoms with E-state index in [0.29, 0.717) is 24.3 Å². The number of benzene rings is 1. The molecule has 3 rings (SSSR count). The monoisotopic (exact) mass is 390 g/mol. The number of nitrogens with zero attached hydrogens (tertiary/aromatic N) is 3. The molecule has 0 radical (unpaired) electrons. The quantitative estimate of drug-likeness (QED) is 0.642. The molecule has 0 aliphatic heterocycles. The number of carbonyl (C=O) groups is 1. The Labute approximate surface area is 160 Å². The number of aryl methyl sites for hydroxylation is 1. The molecular formula is C19H20F2N4O3. The SMILES string of the molecule is COc1ccc(CCNC(=O)c2cnn(C)c2-n2cccc2)cc1OC(F)F. The van der Waals surface area contributed by atoms with Crippen LogP contribution in [0.3, 0.4) is 0 Å². The van der Waals surface area contributed by atoms with E-state index in [1.165, 1.54) is 19.4 Å². The third-order valence-corrected chi connectivity index (χ3v) is 4.14. The van der Waals surface area contributed by atoms with E-state index in [1.807, 2.05) is 24.5 Å². The van der Waals surface area contributed by atoms with E-state index in [9.17, 15) is 13.6 Å². The number of ether oxygens (including phenoxy) is 2. The highest BCUT2D eigenvalue weighted by Crippen LogP contribution is 2.29. The van der Waals surface area contributed by atoms with Crippen LogP contribution < -0.4 is 14.8 Å². The summed E-state index contributed by atoms with van der Waals surface area (Å²) in [6.45, 7) is -2.62. The van der Waals surface area contributed by atoms with Gasteiger partial charge in [-0.1, -0.05) is 6.07 Å². The first-order valence-electron chi connectivity index (χ1n) is 8.55. The number of nitrogens with one attached hydrogen (secondary N) is 1. The fourth-order valence-electron chi connectivity index (χ4n) is 2.85. The first-order chi connectivity index (χ1) is 13.5. The molecule has 0 fully saturated rings. The molecular weight excluding hydrogens is 370 g/mol. The maximum Gasteiger partial charge on any atom is 0.387 e. The summed E-state index contributed by atoms with van der Waals surface area (Å²) in [6.07, 6.45) is 5.60. The van der Waals surface area contributed by atoms with E-state index in [1.54, 1.807) is 28.4 Å². The number of alkyl halides is 2. The number of rotatable bonds is 8. The number of amides is 1. The lowest BCUT2D eigenvalue weighted by atomic mass is 10.1. The maximum absolute atomic E-state index is 12.6. The second kappa shape index (κ2) is 8.55. The molecule has 1 N–H and O–H groups in total. The Kier molecular flexibility index (Phi) is 5.93. The lowest BCUT2D eigenvalue weighted by Crippen LogP contribution is -2.26. The average molecular weight is 390 g/mol. The van der Waals surface area contributed by atoms with Crippen LogP contribution in [0, 0.1) is 0 Å². The zero-order valence-electron chi connectivity index (χ0n) is 15.4. The minimum Gasteiger partial charge on any atom is -0.493 e. The molecule has 7 nitrogen and oxygen atoms in total.